The SMILES string of the molecule is COCC1CCCN(C(=O)CO/N=C2\N[C@@H](c3ccc(F)cc3-c3cccc(OC)n3)Cc3nc(N)nc(C)c32)C1. The van der Waals surface area contributed by atoms with Gasteiger partial charge in [-0.1, -0.05) is 17.3 Å². The molecule has 12 heteroatoms. The molecular formula is C29H34FN7O4. The van der Waals surface area contributed by atoms with Crippen molar-refractivity contribution in [3.8, 4) is 17.1 Å². The predicted molar refractivity (Wildman–Crippen MR) is 151 cm³/mol. The molecule has 2 aromatic heterocycles. The number of aromatic nitrogens is 3. The molecule has 1 unspecified atom stereocenters. The van der Waals surface area contributed by atoms with Crippen molar-refractivity contribution in [1.29, 1.82) is 0 Å². The number of carbonyl (C=O) groups is 1. The summed E-state index contributed by atoms with van der Waals surface area (Å²) in [5.74, 6) is 0.698. The fourth-order valence-electron chi connectivity index (χ4n) is 5.49. The molecule has 11 nitrogen and oxygen atoms in total. The largest absolute Gasteiger partial charge is 0.481 e. The number of ether oxygens (including phenoxy) is 2. The van der Waals surface area contributed by atoms with Crippen molar-refractivity contribution in [3.05, 3.63) is 64.7 Å². The van der Waals surface area contributed by atoms with E-state index in [0.29, 0.717) is 72.0 Å². The maximum Gasteiger partial charge on any atom is 0.263 e. The first-order chi connectivity index (χ1) is 19.9. The third-order valence-corrected chi connectivity index (χ3v) is 7.34. The number of amides is 1. The van der Waals surface area contributed by atoms with Crippen LogP contribution < -0.4 is 15.8 Å². The van der Waals surface area contributed by atoms with Gasteiger partial charge in [0.2, 0.25) is 11.8 Å². The molecule has 1 amide bonds. The number of fused-ring (bicyclic) bond motifs is 1. The van der Waals surface area contributed by atoms with Crippen molar-refractivity contribution >= 4 is 17.7 Å². The summed E-state index contributed by atoms with van der Waals surface area (Å²) in [4.78, 5) is 33.6. The fraction of sp³-hybridized carbons (Fsp3) is 0.414. The van der Waals surface area contributed by atoms with Gasteiger partial charge >= 0.3 is 0 Å². The van der Waals surface area contributed by atoms with Crippen LogP contribution in [0.15, 0.2) is 41.6 Å². The number of aryl methyl sites for hydroxylation is 1. The average Bonchev–Trinajstić information content (AvgIpc) is 2.97. The summed E-state index contributed by atoms with van der Waals surface area (Å²) >= 11 is 0. The van der Waals surface area contributed by atoms with E-state index in [1.54, 1.807) is 36.3 Å². The van der Waals surface area contributed by atoms with Crippen LogP contribution >= 0.6 is 0 Å². The van der Waals surface area contributed by atoms with Crippen molar-refractivity contribution < 1.29 is 23.5 Å². The van der Waals surface area contributed by atoms with Gasteiger partial charge in [-0.25, -0.2) is 19.3 Å². The molecule has 1 fully saturated rings. The quantitative estimate of drug-likeness (QED) is 0.396. The highest BCUT2D eigenvalue weighted by atomic mass is 19.1. The van der Waals surface area contributed by atoms with Crippen molar-refractivity contribution in [2.45, 2.75) is 32.2 Å². The van der Waals surface area contributed by atoms with Gasteiger partial charge in [0.05, 0.1) is 42.4 Å². The first-order valence-corrected chi connectivity index (χ1v) is 13.5. The molecule has 0 radical (unpaired) electrons. The van der Waals surface area contributed by atoms with E-state index in [2.05, 4.69) is 25.4 Å². The summed E-state index contributed by atoms with van der Waals surface area (Å²) in [7, 11) is 3.20. The Kier molecular flexibility index (Phi) is 8.58. The van der Waals surface area contributed by atoms with Gasteiger partial charge in [-0.05, 0) is 49.4 Å². The summed E-state index contributed by atoms with van der Waals surface area (Å²) in [5.41, 5.74) is 9.86. The van der Waals surface area contributed by atoms with Crippen molar-refractivity contribution in [2.75, 3.05) is 46.3 Å². The van der Waals surface area contributed by atoms with Gasteiger partial charge in [0.25, 0.3) is 5.91 Å². The second-order valence-corrected chi connectivity index (χ2v) is 10.2. The number of hydrogen-bond acceptors (Lipinski definition) is 9. The van der Waals surface area contributed by atoms with E-state index in [1.165, 1.54) is 19.2 Å². The van der Waals surface area contributed by atoms with E-state index >= 15 is 0 Å². The average molecular weight is 564 g/mol. The van der Waals surface area contributed by atoms with Gasteiger partial charge in [-0.2, -0.15) is 0 Å². The van der Waals surface area contributed by atoms with Crippen LogP contribution in [0.1, 0.15) is 41.4 Å². The van der Waals surface area contributed by atoms with Crippen LogP contribution in [0.3, 0.4) is 0 Å². The van der Waals surface area contributed by atoms with Crippen molar-refractivity contribution in [2.24, 2.45) is 11.1 Å². The first-order valence-electron chi connectivity index (χ1n) is 13.5. The lowest BCUT2D eigenvalue weighted by Gasteiger charge is -2.32. The number of halogens is 1. The third kappa shape index (κ3) is 6.37. The number of carbonyl (C=O) groups excluding carboxylic acids is 1. The van der Waals surface area contributed by atoms with E-state index < -0.39 is 5.82 Å². The molecule has 1 saturated heterocycles. The lowest BCUT2D eigenvalue weighted by molar-refractivity contribution is -0.138. The third-order valence-electron chi connectivity index (χ3n) is 7.34. The lowest BCUT2D eigenvalue weighted by atomic mass is 9.90. The molecule has 2 aliphatic rings. The molecule has 216 valence electrons. The molecule has 41 heavy (non-hydrogen) atoms. The number of nitrogens with zero attached hydrogens (tertiary/aromatic N) is 5. The minimum atomic E-state index is -0.395. The molecule has 0 aliphatic carbocycles. The van der Waals surface area contributed by atoms with Gasteiger partial charge in [0.1, 0.15) is 5.82 Å². The van der Waals surface area contributed by atoms with Gasteiger partial charge in [0, 0.05) is 38.2 Å². The normalized spacial score (nSPS) is 19.4. The Bertz CT molecular complexity index is 1450. The number of rotatable bonds is 8. The Hall–Kier alpha value is -4.32. The van der Waals surface area contributed by atoms with Gasteiger partial charge in [-0.15, -0.1) is 0 Å². The fourth-order valence-corrected chi connectivity index (χ4v) is 5.49. The van der Waals surface area contributed by atoms with Crippen LogP contribution in [0.25, 0.3) is 11.3 Å². The molecular weight excluding hydrogens is 529 g/mol. The minimum absolute atomic E-state index is 0.141. The number of piperidine rings is 1. The Morgan fingerprint density at radius 2 is 2.07 bits per heavy atom. The second kappa shape index (κ2) is 12.5. The highest BCUT2D eigenvalue weighted by Crippen LogP contribution is 2.34. The topological polar surface area (TPSA) is 137 Å². The van der Waals surface area contributed by atoms with Crippen LogP contribution in [0, 0.1) is 18.7 Å². The molecule has 4 heterocycles. The number of nitrogen functional groups attached to an aromatic ring is 1. The van der Waals surface area contributed by atoms with Crippen LogP contribution in [0.4, 0.5) is 10.3 Å². The monoisotopic (exact) mass is 563 g/mol. The molecule has 2 atom stereocenters. The van der Waals surface area contributed by atoms with Gasteiger partial charge in [-0.3, -0.25) is 4.79 Å². The molecule has 3 aromatic rings. The molecule has 0 saturated carbocycles. The zero-order valence-electron chi connectivity index (χ0n) is 23.4. The maximum absolute atomic E-state index is 14.5. The minimum Gasteiger partial charge on any atom is -0.481 e. The molecule has 2 aliphatic heterocycles. The summed E-state index contributed by atoms with van der Waals surface area (Å²) in [5, 5.41) is 7.73. The first kappa shape index (κ1) is 28.2. The number of amidine groups is 1. The van der Waals surface area contributed by atoms with Gasteiger partial charge < -0.3 is 30.3 Å². The number of oxime groups is 1. The van der Waals surface area contributed by atoms with Gasteiger partial charge in [0.15, 0.2) is 12.4 Å². The zero-order valence-corrected chi connectivity index (χ0v) is 23.4. The summed E-state index contributed by atoms with van der Waals surface area (Å²) < 4.78 is 25.0. The predicted octanol–water partition coefficient (Wildman–Crippen LogP) is 3.03. The van der Waals surface area contributed by atoms with E-state index in [1.807, 2.05) is 6.92 Å². The second-order valence-electron chi connectivity index (χ2n) is 10.2. The van der Waals surface area contributed by atoms with Crippen molar-refractivity contribution in [3.63, 3.8) is 0 Å². The maximum atomic E-state index is 14.5. The number of hydrogen-bond donors (Lipinski definition) is 2. The molecule has 5 rings (SSSR count). The number of likely N-dealkylation sites (tertiary alicyclic amines) is 1. The Balaban J connectivity index is 1.43. The number of methoxy groups -OCH3 is 2. The number of nitrogens with two attached hydrogens (primary N) is 1. The van der Waals surface area contributed by atoms with Crippen LogP contribution in [-0.2, 0) is 20.8 Å². The number of benzene rings is 1. The van der Waals surface area contributed by atoms with Crippen LogP contribution in [0.2, 0.25) is 0 Å². The van der Waals surface area contributed by atoms with Crippen LogP contribution in [-0.4, -0.2) is 72.1 Å². The Morgan fingerprint density at radius 3 is 2.88 bits per heavy atom. The zero-order chi connectivity index (χ0) is 28.9. The standard InChI is InChI=1S/C29H34FN7O4/c1-17-27-24(35-29(31)32-17)13-23(20-10-9-19(30)12-21(20)22-7-4-8-25(33-22)40-3)34-28(27)36-41-16-26(38)37-11-5-6-18(14-37)15-39-2/h4,7-10,12,18,23H,5-6,11,13-16H2,1-3H3,(H,34,36)(H2,31,32,35)/t18?,23-/m1/s1. The molecule has 3 N–H and O–H groups in total. The number of anilines is 1. The summed E-state index contributed by atoms with van der Waals surface area (Å²) in [6, 6.07) is 9.49. The number of pyridine rings is 1. The summed E-state index contributed by atoms with van der Waals surface area (Å²) in [6.45, 7) is 3.53. The van der Waals surface area contributed by atoms with Crippen LogP contribution in [0.5, 0.6) is 5.88 Å². The Labute approximate surface area is 237 Å². The van der Waals surface area contributed by atoms with E-state index in [4.69, 9.17) is 20.0 Å². The molecule has 0 bridgehead atoms. The summed E-state index contributed by atoms with van der Waals surface area (Å²) in [6.07, 6.45) is 2.38. The smallest absolute Gasteiger partial charge is 0.263 e. The van der Waals surface area contributed by atoms with E-state index in [0.717, 1.165) is 18.4 Å². The molecule has 1 aromatic carbocycles. The number of nitrogens with one attached hydrogen (secondary N) is 1. The van der Waals surface area contributed by atoms with E-state index in [9.17, 15) is 9.18 Å². The van der Waals surface area contributed by atoms with E-state index in [-0.39, 0.29) is 24.5 Å². The highest BCUT2D eigenvalue weighted by Gasteiger charge is 2.31. The molecule has 0 spiro atoms. The lowest BCUT2D eigenvalue weighted by Crippen LogP contribution is -2.43. The van der Waals surface area contributed by atoms with Crippen molar-refractivity contribution in [1.82, 2.24) is 25.2 Å². The highest BCUT2D eigenvalue weighted by molar-refractivity contribution is 6.01. The Morgan fingerprint density at radius 1 is 1.22 bits per heavy atom.